The fraction of sp³-hybridized carbons (Fsp3) is 0.400. The molecule has 0 radical (unpaired) electrons. The average molecular weight is 369 g/mol. The fourth-order valence-corrected chi connectivity index (χ4v) is 4.09. The molecule has 1 unspecified atom stereocenters. The first-order valence-electron chi connectivity index (χ1n) is 9.19. The molecule has 0 spiro atoms. The summed E-state index contributed by atoms with van der Waals surface area (Å²) in [6.07, 6.45) is 2.68. The van der Waals surface area contributed by atoms with Crippen molar-refractivity contribution in [2.75, 3.05) is 13.1 Å². The maximum absolute atomic E-state index is 5.44. The highest BCUT2D eigenvalue weighted by atomic mass is 32.1. The summed E-state index contributed by atoms with van der Waals surface area (Å²) in [4.78, 5) is 8.40. The Labute approximate surface area is 158 Å². The minimum atomic E-state index is 0.0177. The molecule has 4 rings (SSSR count). The Balaban J connectivity index is 1.32. The smallest absolute Gasteiger partial charge is 0.243 e. The van der Waals surface area contributed by atoms with Crippen LogP contribution in [0.5, 0.6) is 0 Å². The lowest BCUT2D eigenvalue weighted by Gasteiger charge is -2.12. The number of hydrogen-bond donors (Lipinski definition) is 1. The highest BCUT2D eigenvalue weighted by molar-refractivity contribution is 7.10. The van der Waals surface area contributed by atoms with Crippen molar-refractivity contribution in [3.63, 3.8) is 0 Å². The van der Waals surface area contributed by atoms with Crippen molar-refractivity contribution in [3.8, 4) is 11.4 Å². The normalized spacial score (nSPS) is 16.2. The highest BCUT2D eigenvalue weighted by Crippen LogP contribution is 2.21. The van der Waals surface area contributed by atoms with Crippen molar-refractivity contribution >= 4 is 11.3 Å². The molecule has 0 aliphatic carbocycles. The number of nitrogens with one attached hydrogen (secondary N) is 1. The van der Waals surface area contributed by atoms with Gasteiger partial charge in [-0.1, -0.05) is 35.5 Å². The van der Waals surface area contributed by atoms with Crippen LogP contribution >= 0.6 is 11.3 Å². The van der Waals surface area contributed by atoms with Gasteiger partial charge in [-0.3, -0.25) is 4.90 Å². The maximum atomic E-state index is 5.44. The van der Waals surface area contributed by atoms with Gasteiger partial charge in [-0.2, -0.15) is 4.98 Å². The predicted octanol–water partition coefficient (Wildman–Crippen LogP) is 4.24. The first-order chi connectivity index (χ1) is 12.8. The SMILES string of the molecule is CC(NCc1cc(CN2CCCC2)cs1)c1nc(-c2ccccc2)no1. The zero-order valence-corrected chi connectivity index (χ0v) is 15.8. The van der Waals surface area contributed by atoms with Crippen molar-refractivity contribution in [2.24, 2.45) is 0 Å². The van der Waals surface area contributed by atoms with Gasteiger partial charge in [0.05, 0.1) is 6.04 Å². The Bertz CT molecular complexity index is 823. The van der Waals surface area contributed by atoms with Crippen molar-refractivity contribution < 1.29 is 4.52 Å². The first kappa shape index (κ1) is 17.4. The van der Waals surface area contributed by atoms with E-state index in [9.17, 15) is 0 Å². The van der Waals surface area contributed by atoms with E-state index >= 15 is 0 Å². The summed E-state index contributed by atoms with van der Waals surface area (Å²) >= 11 is 1.82. The Kier molecular flexibility index (Phi) is 5.43. The molecule has 136 valence electrons. The zero-order valence-electron chi connectivity index (χ0n) is 15.0. The van der Waals surface area contributed by atoms with Gasteiger partial charge in [-0.05, 0) is 49.9 Å². The fourth-order valence-electron chi connectivity index (χ4n) is 3.26. The Morgan fingerprint density at radius 2 is 2.04 bits per heavy atom. The number of likely N-dealkylation sites (tertiary alicyclic amines) is 1. The quantitative estimate of drug-likeness (QED) is 0.676. The van der Waals surface area contributed by atoms with E-state index in [4.69, 9.17) is 4.52 Å². The van der Waals surface area contributed by atoms with E-state index in [-0.39, 0.29) is 6.04 Å². The summed E-state index contributed by atoms with van der Waals surface area (Å²) in [5, 5.41) is 9.86. The third-order valence-corrected chi connectivity index (χ3v) is 5.73. The Morgan fingerprint density at radius 1 is 1.23 bits per heavy atom. The Morgan fingerprint density at radius 3 is 2.85 bits per heavy atom. The molecule has 1 aliphatic heterocycles. The van der Waals surface area contributed by atoms with Gasteiger partial charge < -0.3 is 9.84 Å². The topological polar surface area (TPSA) is 54.2 Å². The van der Waals surface area contributed by atoms with Crippen molar-refractivity contribution in [1.29, 1.82) is 0 Å². The standard InChI is InChI=1S/C20H24N4OS/c1-15(20-22-19(23-25-20)17-7-3-2-4-8-17)21-12-18-11-16(14-26-18)13-24-9-5-6-10-24/h2-4,7-8,11,14-15,21H,5-6,9-10,12-13H2,1H3. The molecule has 3 heterocycles. The molecule has 26 heavy (non-hydrogen) atoms. The molecule has 1 atom stereocenters. The van der Waals surface area contributed by atoms with Crippen LogP contribution in [-0.4, -0.2) is 28.1 Å². The molecule has 0 amide bonds. The van der Waals surface area contributed by atoms with E-state index in [2.05, 4.69) is 38.7 Å². The lowest BCUT2D eigenvalue weighted by atomic mass is 10.2. The second kappa shape index (κ2) is 8.12. The van der Waals surface area contributed by atoms with E-state index in [1.165, 1.54) is 36.4 Å². The molecule has 3 aromatic rings. The Hall–Kier alpha value is -2.02. The van der Waals surface area contributed by atoms with Crippen LogP contribution in [0, 0.1) is 0 Å². The molecule has 5 nitrogen and oxygen atoms in total. The first-order valence-corrected chi connectivity index (χ1v) is 10.1. The minimum Gasteiger partial charge on any atom is -0.337 e. The van der Waals surface area contributed by atoms with Crippen LogP contribution in [0.3, 0.4) is 0 Å². The molecule has 1 aromatic carbocycles. The van der Waals surface area contributed by atoms with E-state index in [1.807, 2.05) is 41.7 Å². The van der Waals surface area contributed by atoms with Crippen LogP contribution in [0.1, 0.15) is 42.1 Å². The van der Waals surface area contributed by atoms with E-state index in [0.29, 0.717) is 11.7 Å². The second-order valence-corrected chi connectivity index (χ2v) is 7.83. The molecular weight excluding hydrogens is 344 g/mol. The third kappa shape index (κ3) is 4.20. The number of aromatic nitrogens is 2. The summed E-state index contributed by atoms with van der Waals surface area (Å²) in [5.41, 5.74) is 2.39. The molecule has 1 aliphatic rings. The number of hydrogen-bond acceptors (Lipinski definition) is 6. The lowest BCUT2D eigenvalue weighted by molar-refractivity contribution is 0.331. The number of rotatable bonds is 7. The van der Waals surface area contributed by atoms with E-state index < -0.39 is 0 Å². The molecule has 2 aromatic heterocycles. The lowest BCUT2D eigenvalue weighted by Crippen LogP contribution is -2.18. The van der Waals surface area contributed by atoms with Crippen LogP contribution in [0.25, 0.3) is 11.4 Å². The molecule has 1 N–H and O–H groups in total. The average Bonchev–Trinajstić information content (AvgIpc) is 3.43. The summed E-state index contributed by atoms with van der Waals surface area (Å²) in [5.74, 6) is 1.26. The van der Waals surface area contributed by atoms with Crippen molar-refractivity contribution in [1.82, 2.24) is 20.4 Å². The van der Waals surface area contributed by atoms with Crippen LogP contribution < -0.4 is 5.32 Å². The summed E-state index contributed by atoms with van der Waals surface area (Å²) in [6.45, 7) is 6.43. The van der Waals surface area contributed by atoms with Crippen LogP contribution in [0.2, 0.25) is 0 Å². The molecule has 1 saturated heterocycles. The van der Waals surface area contributed by atoms with Gasteiger partial charge in [-0.15, -0.1) is 11.3 Å². The second-order valence-electron chi connectivity index (χ2n) is 6.83. The van der Waals surface area contributed by atoms with Gasteiger partial charge in [0, 0.05) is 23.5 Å². The monoisotopic (exact) mass is 368 g/mol. The molecule has 0 bridgehead atoms. The van der Waals surface area contributed by atoms with Gasteiger partial charge in [0.2, 0.25) is 11.7 Å². The molecule has 1 fully saturated rings. The molecular formula is C20H24N4OS. The summed E-state index contributed by atoms with van der Waals surface area (Å²) in [6, 6.07) is 12.2. The predicted molar refractivity (Wildman–Crippen MR) is 104 cm³/mol. The van der Waals surface area contributed by atoms with Gasteiger partial charge >= 0.3 is 0 Å². The van der Waals surface area contributed by atoms with Crippen molar-refractivity contribution in [2.45, 2.75) is 38.9 Å². The van der Waals surface area contributed by atoms with Gasteiger partial charge in [0.15, 0.2) is 0 Å². The molecule has 0 saturated carbocycles. The minimum absolute atomic E-state index is 0.0177. The number of thiophene rings is 1. The van der Waals surface area contributed by atoms with Crippen LogP contribution in [-0.2, 0) is 13.1 Å². The summed E-state index contributed by atoms with van der Waals surface area (Å²) < 4.78 is 5.44. The largest absolute Gasteiger partial charge is 0.337 e. The van der Waals surface area contributed by atoms with Crippen molar-refractivity contribution in [3.05, 3.63) is 58.1 Å². The highest BCUT2D eigenvalue weighted by Gasteiger charge is 2.16. The van der Waals surface area contributed by atoms with E-state index in [1.54, 1.807) is 0 Å². The zero-order chi connectivity index (χ0) is 17.8. The number of nitrogens with zero attached hydrogens (tertiary/aromatic N) is 3. The van der Waals surface area contributed by atoms with E-state index in [0.717, 1.165) is 18.7 Å². The summed E-state index contributed by atoms with van der Waals surface area (Å²) in [7, 11) is 0. The van der Waals surface area contributed by atoms with Gasteiger partial charge in [0.1, 0.15) is 0 Å². The molecule has 6 heteroatoms. The maximum Gasteiger partial charge on any atom is 0.243 e. The van der Waals surface area contributed by atoms with Crippen LogP contribution in [0.15, 0.2) is 46.3 Å². The van der Waals surface area contributed by atoms with Gasteiger partial charge in [-0.25, -0.2) is 0 Å². The number of benzene rings is 1. The third-order valence-electron chi connectivity index (χ3n) is 4.74. The van der Waals surface area contributed by atoms with Gasteiger partial charge in [0.25, 0.3) is 0 Å². The van der Waals surface area contributed by atoms with Crippen LogP contribution in [0.4, 0.5) is 0 Å².